The van der Waals surface area contributed by atoms with Crippen LogP contribution in [0.15, 0.2) is 46.9 Å². The molecule has 0 amide bonds. The van der Waals surface area contributed by atoms with Gasteiger partial charge in [-0.05, 0) is 148 Å². The summed E-state index contributed by atoms with van der Waals surface area (Å²) < 4.78 is 29.0. The SMILES string of the molecule is CC[C@]1(O)CC[C@@]2(C)C(=CC[C@H]3[C@@H]4CC[C@H]([C@H](C)C(CC5(O)CCC(C)(C)CC5)S(=O)(=O)c5ccccc5)[C@@]4(C)CC[C@@H]32)C1. The molecule has 5 heteroatoms. The summed E-state index contributed by atoms with van der Waals surface area (Å²) in [5.74, 6) is 2.21. The van der Waals surface area contributed by atoms with E-state index >= 15 is 0 Å². The van der Waals surface area contributed by atoms with Crippen molar-refractivity contribution in [1.82, 2.24) is 0 Å². The third-order valence-electron chi connectivity index (χ3n) is 14.8. The van der Waals surface area contributed by atoms with Crippen molar-refractivity contribution in [2.75, 3.05) is 0 Å². The van der Waals surface area contributed by atoms with Crippen molar-refractivity contribution in [3.63, 3.8) is 0 Å². The fourth-order valence-electron chi connectivity index (χ4n) is 11.5. The Morgan fingerprint density at radius 1 is 0.841 bits per heavy atom. The van der Waals surface area contributed by atoms with Crippen LogP contribution in [-0.2, 0) is 9.84 Å². The number of allylic oxidation sites excluding steroid dienone is 1. The maximum absolute atomic E-state index is 14.5. The van der Waals surface area contributed by atoms with Crippen LogP contribution in [0.3, 0.4) is 0 Å². The van der Waals surface area contributed by atoms with Crippen molar-refractivity contribution in [2.45, 2.75) is 153 Å². The minimum absolute atomic E-state index is 0.0229. The summed E-state index contributed by atoms with van der Waals surface area (Å²) in [6.07, 6.45) is 15.5. The zero-order chi connectivity index (χ0) is 31.8. The van der Waals surface area contributed by atoms with Crippen LogP contribution in [-0.4, -0.2) is 35.1 Å². The molecule has 6 rings (SSSR count). The first-order chi connectivity index (χ1) is 20.6. The molecular weight excluding hydrogens is 564 g/mol. The molecule has 1 aromatic rings. The van der Waals surface area contributed by atoms with E-state index in [2.05, 4.69) is 47.6 Å². The lowest BCUT2D eigenvalue weighted by molar-refractivity contribution is -0.0773. The van der Waals surface area contributed by atoms with Gasteiger partial charge >= 0.3 is 0 Å². The third kappa shape index (κ3) is 5.47. The predicted molar refractivity (Wildman–Crippen MR) is 179 cm³/mol. The summed E-state index contributed by atoms with van der Waals surface area (Å²) >= 11 is 0. The second-order valence-corrected chi connectivity index (χ2v) is 19.8. The normalized spacial score (nSPS) is 41.0. The van der Waals surface area contributed by atoms with Crippen molar-refractivity contribution in [3.8, 4) is 0 Å². The fraction of sp³-hybridized carbons (Fsp3) is 0.795. The highest BCUT2D eigenvalue weighted by Crippen LogP contribution is 2.68. The molecule has 0 saturated heterocycles. The van der Waals surface area contributed by atoms with E-state index in [1.165, 1.54) is 18.4 Å². The van der Waals surface area contributed by atoms with E-state index in [0.717, 1.165) is 57.8 Å². The van der Waals surface area contributed by atoms with Crippen LogP contribution in [0, 0.1) is 45.8 Å². The lowest BCUT2D eigenvalue weighted by Crippen LogP contribution is -2.53. The maximum atomic E-state index is 14.5. The average molecular weight is 625 g/mol. The van der Waals surface area contributed by atoms with Gasteiger partial charge in [-0.2, -0.15) is 0 Å². The van der Waals surface area contributed by atoms with Crippen molar-refractivity contribution >= 4 is 9.84 Å². The molecule has 1 unspecified atom stereocenters. The molecule has 0 heterocycles. The molecule has 0 radical (unpaired) electrons. The highest BCUT2D eigenvalue weighted by atomic mass is 32.2. The molecule has 5 aliphatic rings. The van der Waals surface area contributed by atoms with Gasteiger partial charge in [-0.25, -0.2) is 8.42 Å². The standard InChI is InChI=1S/C39H60O4S/c1-7-38(40)24-21-36(5)28(25-38)13-14-30-32-16-15-31(37(32,6)18-17-33(30)36)27(2)34(44(42,43)29-11-9-8-10-12-29)26-39(41)22-19-35(3,4)20-23-39/h8-13,27,30-34,40-41H,7,14-26H2,1-6H3/t27-,30-,31+,32-,33-,34?,36-,37+,38-/m0/s1. The molecule has 5 aliphatic carbocycles. The number of aliphatic hydroxyl groups is 2. The quantitative estimate of drug-likeness (QED) is 0.297. The van der Waals surface area contributed by atoms with E-state index < -0.39 is 26.3 Å². The molecule has 2 N–H and O–H groups in total. The number of rotatable bonds is 7. The fourth-order valence-corrected chi connectivity index (χ4v) is 13.7. The van der Waals surface area contributed by atoms with Crippen LogP contribution >= 0.6 is 0 Å². The zero-order valence-corrected chi connectivity index (χ0v) is 29.3. The Morgan fingerprint density at radius 3 is 2.16 bits per heavy atom. The second-order valence-electron chi connectivity index (χ2n) is 17.6. The highest BCUT2D eigenvalue weighted by Gasteiger charge is 2.61. The lowest BCUT2D eigenvalue weighted by atomic mass is 9.46. The van der Waals surface area contributed by atoms with Gasteiger partial charge in [0.2, 0.25) is 0 Å². The number of fused-ring (bicyclic) bond motifs is 5. The summed E-state index contributed by atoms with van der Waals surface area (Å²) in [6, 6.07) is 9.06. The van der Waals surface area contributed by atoms with Crippen LogP contribution < -0.4 is 0 Å². The van der Waals surface area contributed by atoms with Crippen molar-refractivity contribution < 1.29 is 18.6 Å². The molecule has 0 bridgehead atoms. The Morgan fingerprint density at radius 2 is 1.50 bits per heavy atom. The van der Waals surface area contributed by atoms with Gasteiger partial charge in [-0.1, -0.05) is 71.4 Å². The summed E-state index contributed by atoms with van der Waals surface area (Å²) in [6.45, 7) is 13.9. The minimum Gasteiger partial charge on any atom is -0.390 e. The van der Waals surface area contributed by atoms with Crippen LogP contribution in [0.25, 0.3) is 0 Å². The molecule has 246 valence electrons. The maximum Gasteiger partial charge on any atom is 0.181 e. The molecular formula is C39H60O4S. The summed E-state index contributed by atoms with van der Waals surface area (Å²) in [5.41, 5.74) is 0.559. The van der Waals surface area contributed by atoms with Gasteiger partial charge in [0, 0.05) is 0 Å². The van der Waals surface area contributed by atoms with E-state index in [4.69, 9.17) is 0 Å². The smallest absolute Gasteiger partial charge is 0.181 e. The van der Waals surface area contributed by atoms with Gasteiger partial charge in [0.05, 0.1) is 21.3 Å². The molecule has 0 aliphatic heterocycles. The van der Waals surface area contributed by atoms with E-state index in [-0.39, 0.29) is 22.2 Å². The Balaban J connectivity index is 1.29. The van der Waals surface area contributed by atoms with Crippen LogP contribution in [0.2, 0.25) is 0 Å². The predicted octanol–water partition coefficient (Wildman–Crippen LogP) is 8.91. The van der Waals surface area contributed by atoms with E-state index in [9.17, 15) is 18.6 Å². The van der Waals surface area contributed by atoms with Crippen LogP contribution in [0.1, 0.15) is 131 Å². The first-order valence-corrected chi connectivity index (χ1v) is 19.5. The largest absolute Gasteiger partial charge is 0.390 e. The molecule has 4 nitrogen and oxygen atoms in total. The van der Waals surface area contributed by atoms with Crippen LogP contribution in [0.4, 0.5) is 0 Å². The Bertz CT molecular complexity index is 1340. The van der Waals surface area contributed by atoms with Gasteiger partial charge in [-0.15, -0.1) is 0 Å². The van der Waals surface area contributed by atoms with Gasteiger partial charge < -0.3 is 10.2 Å². The highest BCUT2D eigenvalue weighted by molar-refractivity contribution is 7.92. The van der Waals surface area contributed by atoms with Gasteiger partial charge in [0.1, 0.15) is 0 Å². The molecule has 4 fully saturated rings. The van der Waals surface area contributed by atoms with Crippen LogP contribution in [0.5, 0.6) is 0 Å². The number of sulfone groups is 1. The Labute approximate surface area is 268 Å². The van der Waals surface area contributed by atoms with Gasteiger partial charge in [0.15, 0.2) is 9.84 Å². The second kappa shape index (κ2) is 11.2. The van der Waals surface area contributed by atoms with E-state index in [1.54, 1.807) is 12.1 Å². The first-order valence-electron chi connectivity index (χ1n) is 18.0. The monoisotopic (exact) mass is 624 g/mol. The number of benzene rings is 1. The summed E-state index contributed by atoms with van der Waals surface area (Å²) in [5, 5.41) is 22.5. The molecule has 4 saturated carbocycles. The summed E-state index contributed by atoms with van der Waals surface area (Å²) in [7, 11) is -3.62. The van der Waals surface area contributed by atoms with Gasteiger partial charge in [-0.3, -0.25) is 0 Å². The lowest BCUT2D eigenvalue weighted by Gasteiger charge is -2.59. The third-order valence-corrected chi connectivity index (χ3v) is 17.1. The topological polar surface area (TPSA) is 74.6 Å². The Hall–Kier alpha value is -1.17. The van der Waals surface area contributed by atoms with E-state index in [1.807, 2.05) is 18.2 Å². The van der Waals surface area contributed by atoms with Crippen molar-refractivity contribution in [2.24, 2.45) is 45.8 Å². The zero-order valence-electron chi connectivity index (χ0n) is 28.4. The molecule has 1 aromatic carbocycles. The first kappa shape index (κ1) is 32.8. The molecule has 9 atom stereocenters. The average Bonchev–Trinajstić information content (AvgIpc) is 3.35. The molecule has 0 aromatic heterocycles. The number of hydrogen-bond acceptors (Lipinski definition) is 4. The molecule has 44 heavy (non-hydrogen) atoms. The van der Waals surface area contributed by atoms with E-state index in [0.29, 0.717) is 47.8 Å². The molecule has 0 spiro atoms. The summed E-state index contributed by atoms with van der Waals surface area (Å²) in [4.78, 5) is 0.405. The van der Waals surface area contributed by atoms with Crippen molar-refractivity contribution in [1.29, 1.82) is 0 Å². The number of hydrogen-bond donors (Lipinski definition) is 2. The minimum atomic E-state index is -3.62. The Kier molecular flexibility index (Phi) is 8.35. The van der Waals surface area contributed by atoms with Crippen molar-refractivity contribution in [3.05, 3.63) is 42.0 Å². The van der Waals surface area contributed by atoms with Gasteiger partial charge in [0.25, 0.3) is 0 Å².